The van der Waals surface area contributed by atoms with Gasteiger partial charge in [-0.3, -0.25) is 9.59 Å². The number of amides is 1. The molecule has 138 valence electrons. The van der Waals surface area contributed by atoms with E-state index in [1.165, 1.54) is 6.92 Å². The molecule has 0 fully saturated rings. The average Bonchev–Trinajstić information content (AvgIpc) is 2.89. The lowest BCUT2D eigenvalue weighted by atomic mass is 9.78. The third kappa shape index (κ3) is 4.10. The molecule has 0 bridgehead atoms. The topological polar surface area (TPSA) is 82.8 Å². The number of oxime groups is 1. The molecule has 1 amide bonds. The number of nitrogens with zero attached hydrogens (tertiary/aromatic N) is 3. The Balaban J connectivity index is 2.05. The third-order valence-electron chi connectivity index (χ3n) is 5.00. The minimum Gasteiger partial charge on any atom is -0.391 e. The van der Waals surface area contributed by atoms with Crippen molar-refractivity contribution in [2.75, 3.05) is 13.6 Å². The van der Waals surface area contributed by atoms with Gasteiger partial charge in [0.25, 0.3) is 0 Å². The number of ketones is 1. The predicted octanol–water partition coefficient (Wildman–Crippen LogP) is 2.76. The van der Waals surface area contributed by atoms with Gasteiger partial charge in [-0.15, -0.1) is 0 Å². The SMILES string of the molecule is CC(=O)C(C)CN(C)C(=O)CC1ON=C(c2ccc(C#N)cc2)C1(C)C. The molecule has 1 aliphatic rings. The standard InChI is InChI=1S/C20H25N3O3/c1-13(14(2)24)12-23(5)18(25)10-17-20(3,4)19(22-26-17)16-8-6-15(11-21)7-9-16/h6-9,13,17H,10,12H2,1-5H3. The van der Waals surface area contributed by atoms with Crippen LogP contribution in [0.5, 0.6) is 0 Å². The van der Waals surface area contributed by atoms with Crippen LogP contribution in [0.4, 0.5) is 0 Å². The van der Waals surface area contributed by atoms with Crippen molar-refractivity contribution >= 4 is 17.4 Å². The lowest BCUT2D eigenvalue weighted by Gasteiger charge is -2.28. The zero-order chi connectivity index (χ0) is 19.5. The number of Topliss-reactive ketones (excluding diaryl/α,β-unsaturated/α-hetero) is 1. The largest absolute Gasteiger partial charge is 0.391 e. The summed E-state index contributed by atoms with van der Waals surface area (Å²) >= 11 is 0. The van der Waals surface area contributed by atoms with E-state index in [0.29, 0.717) is 12.1 Å². The minimum absolute atomic E-state index is 0.0635. The van der Waals surface area contributed by atoms with Crippen LogP contribution in [0.25, 0.3) is 0 Å². The van der Waals surface area contributed by atoms with Crippen molar-refractivity contribution < 1.29 is 14.4 Å². The van der Waals surface area contributed by atoms with Crippen LogP contribution in [-0.4, -0.2) is 42.0 Å². The van der Waals surface area contributed by atoms with Gasteiger partial charge in [0, 0.05) is 25.1 Å². The number of carbonyl (C=O) groups is 2. The first kappa shape index (κ1) is 19.6. The first-order valence-electron chi connectivity index (χ1n) is 8.66. The summed E-state index contributed by atoms with van der Waals surface area (Å²) < 4.78 is 0. The molecule has 0 aliphatic carbocycles. The summed E-state index contributed by atoms with van der Waals surface area (Å²) in [5, 5.41) is 13.1. The molecule has 6 nitrogen and oxygen atoms in total. The molecule has 0 N–H and O–H groups in total. The molecule has 1 aliphatic heterocycles. The summed E-state index contributed by atoms with van der Waals surface area (Å²) in [4.78, 5) is 31.1. The normalized spacial score (nSPS) is 19.1. The lowest BCUT2D eigenvalue weighted by molar-refractivity contribution is -0.135. The number of carbonyl (C=O) groups excluding carboxylic acids is 2. The van der Waals surface area contributed by atoms with Crippen LogP contribution < -0.4 is 0 Å². The van der Waals surface area contributed by atoms with E-state index in [1.807, 2.05) is 32.9 Å². The predicted molar refractivity (Wildman–Crippen MR) is 98.4 cm³/mol. The maximum atomic E-state index is 12.5. The van der Waals surface area contributed by atoms with Crippen LogP contribution in [0.1, 0.15) is 45.2 Å². The molecule has 6 heteroatoms. The summed E-state index contributed by atoms with van der Waals surface area (Å²) in [6, 6.07) is 9.25. The Bertz CT molecular complexity index is 760. The highest BCUT2D eigenvalue weighted by Gasteiger charge is 2.44. The van der Waals surface area contributed by atoms with Crippen molar-refractivity contribution in [3.63, 3.8) is 0 Å². The Hall–Kier alpha value is -2.68. The average molecular weight is 355 g/mol. The second-order valence-corrected chi connectivity index (χ2v) is 7.43. The van der Waals surface area contributed by atoms with Crippen molar-refractivity contribution in [3.8, 4) is 6.07 Å². The third-order valence-corrected chi connectivity index (χ3v) is 5.00. The monoisotopic (exact) mass is 355 g/mol. The maximum absolute atomic E-state index is 12.5. The van der Waals surface area contributed by atoms with Gasteiger partial charge in [-0.05, 0) is 19.1 Å². The zero-order valence-corrected chi connectivity index (χ0v) is 15.9. The van der Waals surface area contributed by atoms with E-state index >= 15 is 0 Å². The lowest BCUT2D eigenvalue weighted by Crippen LogP contribution is -2.40. The molecule has 0 spiro atoms. The van der Waals surface area contributed by atoms with Crippen LogP contribution >= 0.6 is 0 Å². The van der Waals surface area contributed by atoms with E-state index in [2.05, 4.69) is 11.2 Å². The highest BCUT2D eigenvalue weighted by atomic mass is 16.6. The second kappa shape index (κ2) is 7.69. The van der Waals surface area contributed by atoms with Gasteiger partial charge in [0.1, 0.15) is 11.9 Å². The van der Waals surface area contributed by atoms with Gasteiger partial charge in [0.15, 0.2) is 0 Å². The molecular weight excluding hydrogens is 330 g/mol. The van der Waals surface area contributed by atoms with Gasteiger partial charge in [-0.2, -0.15) is 5.26 Å². The number of nitriles is 1. The molecule has 0 saturated carbocycles. The van der Waals surface area contributed by atoms with Gasteiger partial charge < -0.3 is 9.74 Å². The van der Waals surface area contributed by atoms with Crippen LogP contribution in [0.2, 0.25) is 0 Å². The minimum atomic E-state index is -0.448. The molecule has 0 radical (unpaired) electrons. The number of benzene rings is 1. The van der Waals surface area contributed by atoms with Crippen molar-refractivity contribution in [2.45, 2.75) is 40.2 Å². The fourth-order valence-electron chi connectivity index (χ4n) is 2.89. The molecule has 0 saturated heterocycles. The van der Waals surface area contributed by atoms with Gasteiger partial charge in [0.05, 0.1) is 29.2 Å². The fraction of sp³-hybridized carbons (Fsp3) is 0.500. The summed E-state index contributed by atoms with van der Waals surface area (Å²) in [7, 11) is 1.70. The maximum Gasteiger partial charge on any atom is 0.226 e. The molecule has 0 aromatic heterocycles. The summed E-state index contributed by atoms with van der Waals surface area (Å²) in [6.45, 7) is 7.73. The van der Waals surface area contributed by atoms with Crippen molar-refractivity contribution in [1.82, 2.24) is 4.90 Å². The zero-order valence-electron chi connectivity index (χ0n) is 15.9. The van der Waals surface area contributed by atoms with Gasteiger partial charge >= 0.3 is 0 Å². The van der Waals surface area contributed by atoms with E-state index < -0.39 is 5.41 Å². The molecule has 1 aromatic carbocycles. The number of rotatable bonds is 6. The summed E-state index contributed by atoms with van der Waals surface area (Å²) in [5.74, 6) is -0.201. The Kier molecular flexibility index (Phi) is 5.81. The molecule has 26 heavy (non-hydrogen) atoms. The van der Waals surface area contributed by atoms with E-state index in [9.17, 15) is 9.59 Å². The molecule has 2 atom stereocenters. The van der Waals surface area contributed by atoms with Gasteiger partial charge in [-0.25, -0.2) is 0 Å². The fourth-order valence-corrected chi connectivity index (χ4v) is 2.89. The van der Waals surface area contributed by atoms with Crippen molar-refractivity contribution in [1.29, 1.82) is 5.26 Å². The highest BCUT2D eigenvalue weighted by Crippen LogP contribution is 2.36. The molecular formula is C20H25N3O3. The number of hydrogen-bond donors (Lipinski definition) is 0. The Morgan fingerprint density at radius 1 is 1.35 bits per heavy atom. The summed E-state index contributed by atoms with van der Waals surface area (Å²) in [5.41, 5.74) is 1.78. The molecule has 2 rings (SSSR count). The van der Waals surface area contributed by atoms with Gasteiger partial charge in [0.2, 0.25) is 5.91 Å². The van der Waals surface area contributed by atoms with Crippen LogP contribution in [0, 0.1) is 22.7 Å². The highest BCUT2D eigenvalue weighted by molar-refractivity contribution is 6.05. The van der Waals surface area contributed by atoms with Crippen LogP contribution in [0.3, 0.4) is 0 Å². The first-order valence-corrected chi connectivity index (χ1v) is 8.66. The van der Waals surface area contributed by atoms with E-state index in [-0.39, 0.29) is 30.1 Å². The van der Waals surface area contributed by atoms with Crippen molar-refractivity contribution in [3.05, 3.63) is 35.4 Å². The van der Waals surface area contributed by atoms with Gasteiger partial charge in [-0.1, -0.05) is 38.1 Å². The second-order valence-electron chi connectivity index (χ2n) is 7.43. The van der Waals surface area contributed by atoms with Crippen LogP contribution in [-0.2, 0) is 14.4 Å². The quantitative estimate of drug-likeness (QED) is 0.785. The molecule has 1 heterocycles. The summed E-state index contributed by atoms with van der Waals surface area (Å²) in [6.07, 6.45) is -0.187. The Morgan fingerprint density at radius 3 is 2.50 bits per heavy atom. The van der Waals surface area contributed by atoms with Crippen LogP contribution in [0.15, 0.2) is 29.4 Å². The van der Waals surface area contributed by atoms with Crippen molar-refractivity contribution in [2.24, 2.45) is 16.5 Å². The molecule has 1 aromatic rings. The van der Waals surface area contributed by atoms with E-state index in [4.69, 9.17) is 10.1 Å². The Morgan fingerprint density at radius 2 is 1.96 bits per heavy atom. The van der Waals surface area contributed by atoms with E-state index in [0.717, 1.165) is 11.3 Å². The Labute approximate surface area is 154 Å². The smallest absolute Gasteiger partial charge is 0.226 e. The van der Waals surface area contributed by atoms with E-state index in [1.54, 1.807) is 24.1 Å². The molecule has 2 unspecified atom stereocenters. The number of hydrogen-bond acceptors (Lipinski definition) is 5. The first-order chi connectivity index (χ1) is 12.2.